The van der Waals surface area contributed by atoms with Crippen molar-refractivity contribution < 1.29 is 18.8 Å². The van der Waals surface area contributed by atoms with Crippen molar-refractivity contribution in [2.45, 2.75) is 0 Å². The number of carbonyl (C=O) groups is 1. The number of hydrogen-bond acceptors (Lipinski definition) is 5. The number of halogens is 1. The number of methoxy groups -OCH3 is 1. The molecule has 2 rings (SSSR count). The van der Waals surface area contributed by atoms with Crippen molar-refractivity contribution in [1.82, 2.24) is 5.32 Å². The molecule has 0 aromatic heterocycles. The van der Waals surface area contributed by atoms with Gasteiger partial charge >= 0.3 is 0 Å². The Labute approximate surface area is 153 Å². The molecule has 0 saturated heterocycles. The average Bonchev–Trinajstić information content (AvgIpc) is 2.61. The summed E-state index contributed by atoms with van der Waals surface area (Å²) in [7, 11) is 1.51. The summed E-state index contributed by atoms with van der Waals surface area (Å²) in [5.74, 6) is -0.702. The summed E-state index contributed by atoms with van der Waals surface area (Å²) in [5.41, 5.74) is 0.172. The summed E-state index contributed by atoms with van der Waals surface area (Å²) in [5, 5.41) is 15.3. The first-order chi connectivity index (χ1) is 12.4. The van der Waals surface area contributed by atoms with Gasteiger partial charge in [-0.05, 0) is 30.4 Å². The number of nitro benzene ring substituents is 1. The number of nitrogens with zero attached hydrogens (tertiary/aromatic N) is 1. The Morgan fingerprint density at radius 1 is 1.31 bits per heavy atom. The minimum absolute atomic E-state index is 0.195. The summed E-state index contributed by atoms with van der Waals surface area (Å²) in [4.78, 5) is 22.0. The molecule has 7 nitrogen and oxygen atoms in total. The molecule has 26 heavy (non-hydrogen) atoms. The lowest BCUT2D eigenvalue weighted by molar-refractivity contribution is -0.384. The minimum Gasteiger partial charge on any atom is -0.496 e. The predicted octanol–water partition coefficient (Wildman–Crippen LogP) is 3.27. The van der Waals surface area contributed by atoms with E-state index in [0.29, 0.717) is 11.3 Å². The fraction of sp³-hybridized carbons (Fsp3) is 0.0588. The number of nitro groups is 1. The van der Waals surface area contributed by atoms with Crippen molar-refractivity contribution in [1.29, 1.82) is 0 Å². The van der Waals surface area contributed by atoms with Crippen LogP contribution in [-0.4, -0.2) is 23.1 Å². The molecule has 0 fully saturated rings. The molecule has 0 aliphatic carbocycles. The molecule has 0 spiro atoms. The van der Waals surface area contributed by atoms with E-state index in [1.165, 1.54) is 19.3 Å². The number of anilines is 1. The summed E-state index contributed by atoms with van der Waals surface area (Å²) in [6.07, 6.45) is 2.76. The Kier molecular flexibility index (Phi) is 6.34. The monoisotopic (exact) mass is 375 g/mol. The number of non-ortho nitro benzene ring substituents is 1. The average molecular weight is 375 g/mol. The van der Waals surface area contributed by atoms with Crippen LogP contribution in [0, 0.1) is 15.9 Å². The van der Waals surface area contributed by atoms with Crippen LogP contribution in [0.2, 0.25) is 0 Å². The molecule has 0 bridgehead atoms. The zero-order valence-corrected chi connectivity index (χ0v) is 14.4. The van der Waals surface area contributed by atoms with Gasteiger partial charge in [0, 0.05) is 23.8 Å². The van der Waals surface area contributed by atoms with E-state index in [0.717, 1.165) is 18.2 Å². The van der Waals surface area contributed by atoms with E-state index in [9.17, 15) is 19.3 Å². The second-order valence-electron chi connectivity index (χ2n) is 4.94. The third kappa shape index (κ3) is 5.08. The number of thiocarbonyl (C=S) groups is 1. The van der Waals surface area contributed by atoms with Crippen LogP contribution in [0.5, 0.6) is 5.75 Å². The molecule has 0 aliphatic heterocycles. The maximum atomic E-state index is 13.7. The highest BCUT2D eigenvalue weighted by atomic mass is 32.1. The molecular weight excluding hydrogens is 361 g/mol. The van der Waals surface area contributed by atoms with E-state index in [2.05, 4.69) is 10.6 Å². The van der Waals surface area contributed by atoms with E-state index in [1.807, 2.05) is 0 Å². The Morgan fingerprint density at radius 3 is 2.73 bits per heavy atom. The highest BCUT2D eigenvalue weighted by molar-refractivity contribution is 7.80. The maximum absolute atomic E-state index is 13.7. The molecule has 0 radical (unpaired) electrons. The van der Waals surface area contributed by atoms with E-state index in [4.69, 9.17) is 17.0 Å². The lowest BCUT2D eigenvalue weighted by Crippen LogP contribution is -2.33. The fourth-order valence-corrected chi connectivity index (χ4v) is 2.21. The molecule has 0 saturated carbocycles. The van der Waals surface area contributed by atoms with E-state index in [-0.39, 0.29) is 16.5 Å². The van der Waals surface area contributed by atoms with Crippen LogP contribution in [0.15, 0.2) is 48.5 Å². The number of carbonyl (C=O) groups excluding carboxylic acids is 1. The van der Waals surface area contributed by atoms with E-state index in [1.54, 1.807) is 24.3 Å². The number of nitrogens with one attached hydrogen (secondary N) is 2. The first-order valence-electron chi connectivity index (χ1n) is 7.27. The maximum Gasteiger partial charge on any atom is 0.271 e. The number of rotatable bonds is 5. The molecule has 0 unspecified atom stereocenters. The highest BCUT2D eigenvalue weighted by Gasteiger charge is 2.12. The van der Waals surface area contributed by atoms with Gasteiger partial charge in [-0.25, -0.2) is 4.39 Å². The Balaban J connectivity index is 2.01. The van der Waals surface area contributed by atoms with Gasteiger partial charge in [0.2, 0.25) is 5.91 Å². The van der Waals surface area contributed by atoms with Crippen molar-refractivity contribution in [2.24, 2.45) is 0 Å². The number of hydrogen-bond donors (Lipinski definition) is 2. The molecule has 2 N–H and O–H groups in total. The number of amides is 1. The molecule has 0 atom stereocenters. The van der Waals surface area contributed by atoms with Gasteiger partial charge in [0.1, 0.15) is 11.6 Å². The van der Waals surface area contributed by atoms with Crippen LogP contribution in [0.3, 0.4) is 0 Å². The van der Waals surface area contributed by atoms with Gasteiger partial charge in [-0.3, -0.25) is 20.2 Å². The predicted molar refractivity (Wildman–Crippen MR) is 99.4 cm³/mol. The normalized spacial score (nSPS) is 10.4. The van der Waals surface area contributed by atoms with Crippen LogP contribution in [0.25, 0.3) is 6.08 Å². The third-order valence-corrected chi connectivity index (χ3v) is 3.40. The largest absolute Gasteiger partial charge is 0.496 e. The summed E-state index contributed by atoms with van der Waals surface area (Å²) >= 11 is 4.92. The summed E-state index contributed by atoms with van der Waals surface area (Å²) < 4.78 is 18.9. The molecule has 0 aliphatic rings. The van der Waals surface area contributed by atoms with Crippen LogP contribution in [-0.2, 0) is 4.79 Å². The zero-order chi connectivity index (χ0) is 19.1. The molecule has 0 heterocycles. The van der Waals surface area contributed by atoms with Gasteiger partial charge in [0.25, 0.3) is 5.69 Å². The van der Waals surface area contributed by atoms with Crippen molar-refractivity contribution in [3.8, 4) is 5.75 Å². The van der Waals surface area contributed by atoms with Crippen LogP contribution < -0.4 is 15.4 Å². The molecular formula is C17H14FN3O4S. The number of para-hydroxylation sites is 1. The molecule has 2 aromatic rings. The van der Waals surface area contributed by atoms with Gasteiger partial charge in [-0.1, -0.05) is 18.2 Å². The Hall–Kier alpha value is -3.33. The summed E-state index contributed by atoms with van der Waals surface area (Å²) in [6.45, 7) is 0. The molecule has 9 heteroatoms. The minimum atomic E-state index is -0.739. The van der Waals surface area contributed by atoms with Crippen LogP contribution >= 0.6 is 12.2 Å². The number of ether oxygens (including phenoxy) is 1. The smallest absolute Gasteiger partial charge is 0.271 e. The van der Waals surface area contributed by atoms with Gasteiger partial charge in [-0.15, -0.1) is 0 Å². The Morgan fingerprint density at radius 2 is 2.04 bits per heavy atom. The topological polar surface area (TPSA) is 93.5 Å². The highest BCUT2D eigenvalue weighted by Crippen LogP contribution is 2.21. The van der Waals surface area contributed by atoms with Gasteiger partial charge in [-0.2, -0.15) is 0 Å². The number of benzene rings is 2. The summed E-state index contributed by atoms with van der Waals surface area (Å²) in [6, 6.07) is 10.0. The molecule has 2 aromatic carbocycles. The first kappa shape index (κ1) is 19.0. The zero-order valence-electron chi connectivity index (χ0n) is 13.6. The SMILES string of the molecule is COc1ccccc1/C=C/C(=O)NC(=S)Nc1cc([N+](=O)[O-])ccc1F. The second-order valence-corrected chi connectivity index (χ2v) is 5.35. The lowest BCUT2D eigenvalue weighted by Gasteiger charge is -2.09. The fourth-order valence-electron chi connectivity index (χ4n) is 2.00. The van der Waals surface area contributed by atoms with Crippen molar-refractivity contribution >= 4 is 40.7 Å². The standard InChI is InChI=1S/C17H14FN3O4S/c1-25-15-5-3-2-4-11(15)6-9-16(22)20-17(26)19-14-10-12(21(23)24)7-8-13(14)18/h2-10H,1H3,(H2,19,20,22,26)/b9-6+. The van der Waals surface area contributed by atoms with Crippen molar-refractivity contribution in [3.63, 3.8) is 0 Å². The van der Waals surface area contributed by atoms with Crippen LogP contribution in [0.4, 0.5) is 15.8 Å². The van der Waals surface area contributed by atoms with Gasteiger partial charge < -0.3 is 10.1 Å². The third-order valence-electron chi connectivity index (χ3n) is 3.20. The molecule has 1 amide bonds. The first-order valence-corrected chi connectivity index (χ1v) is 7.68. The Bertz CT molecular complexity index is 886. The quantitative estimate of drug-likeness (QED) is 0.361. The lowest BCUT2D eigenvalue weighted by atomic mass is 10.2. The second kappa shape index (κ2) is 8.67. The van der Waals surface area contributed by atoms with Crippen molar-refractivity contribution in [3.05, 3.63) is 70.0 Å². The van der Waals surface area contributed by atoms with Gasteiger partial charge in [0.15, 0.2) is 5.11 Å². The van der Waals surface area contributed by atoms with E-state index >= 15 is 0 Å². The molecule has 134 valence electrons. The van der Waals surface area contributed by atoms with E-state index < -0.39 is 16.6 Å². The van der Waals surface area contributed by atoms with Crippen molar-refractivity contribution in [2.75, 3.05) is 12.4 Å². The van der Waals surface area contributed by atoms with Crippen LogP contribution in [0.1, 0.15) is 5.56 Å². The van der Waals surface area contributed by atoms with Gasteiger partial charge in [0.05, 0.1) is 17.7 Å².